The Morgan fingerprint density at radius 2 is 0.746 bits per heavy atom. The minimum atomic E-state index is -0.0533. The van der Waals surface area contributed by atoms with E-state index in [-0.39, 0.29) is 5.41 Å². The number of fused-ring (bicyclic) bond motifs is 6. The lowest BCUT2D eigenvalue weighted by Gasteiger charge is -2.27. The van der Waals surface area contributed by atoms with E-state index in [0.29, 0.717) is 0 Å². The molecular weight excluding hydrogens is 857 g/mol. The molecule has 0 amide bonds. The van der Waals surface area contributed by atoms with E-state index in [1.165, 1.54) is 105 Å². The minimum absolute atomic E-state index is 0.0533. The third-order valence-corrected chi connectivity index (χ3v) is 14.8. The third-order valence-electron chi connectivity index (χ3n) is 14.8. The van der Waals surface area contributed by atoms with Crippen molar-refractivity contribution in [1.29, 1.82) is 0 Å². The van der Waals surface area contributed by atoms with Crippen molar-refractivity contribution in [2.45, 2.75) is 19.3 Å². The fraction of sp³-hybridized carbons (Fsp3) is 0.0435. The van der Waals surface area contributed by atoms with E-state index in [0.717, 1.165) is 17.1 Å². The summed E-state index contributed by atoms with van der Waals surface area (Å²) in [5, 5.41) is 2.48. The Bertz CT molecular complexity index is 3860. The molecule has 0 radical (unpaired) electrons. The van der Waals surface area contributed by atoms with Crippen LogP contribution in [-0.2, 0) is 5.41 Å². The summed E-state index contributed by atoms with van der Waals surface area (Å²) >= 11 is 0. The van der Waals surface area contributed by atoms with Crippen molar-refractivity contribution in [3.8, 4) is 72.4 Å². The summed E-state index contributed by atoms with van der Waals surface area (Å²) in [6.45, 7) is 4.70. The summed E-state index contributed by atoms with van der Waals surface area (Å²) in [6.07, 6.45) is 0. The molecule has 0 saturated heterocycles. The van der Waals surface area contributed by atoms with Crippen LogP contribution in [-0.4, -0.2) is 4.57 Å². The van der Waals surface area contributed by atoms with Gasteiger partial charge in [-0.05, 0) is 151 Å². The van der Waals surface area contributed by atoms with Crippen LogP contribution in [0.15, 0.2) is 267 Å². The molecule has 11 aromatic carbocycles. The van der Waals surface area contributed by atoms with Gasteiger partial charge in [-0.25, -0.2) is 0 Å². The zero-order valence-corrected chi connectivity index (χ0v) is 39.8. The average molecular weight is 907 g/mol. The minimum Gasteiger partial charge on any atom is -0.310 e. The van der Waals surface area contributed by atoms with E-state index >= 15 is 0 Å². The van der Waals surface area contributed by atoms with Crippen molar-refractivity contribution in [3.05, 3.63) is 278 Å². The summed E-state index contributed by atoms with van der Waals surface area (Å²) in [5.74, 6) is 0. The second-order valence-electron chi connectivity index (χ2n) is 19.4. The summed E-state index contributed by atoms with van der Waals surface area (Å²) in [6, 6.07) is 97.8. The number of nitrogens with zero attached hydrogens (tertiary/aromatic N) is 2. The van der Waals surface area contributed by atoms with Crippen LogP contribution in [0.25, 0.3) is 94.3 Å². The molecule has 0 aliphatic heterocycles. The first-order valence-corrected chi connectivity index (χ1v) is 24.7. The van der Waals surface area contributed by atoms with Gasteiger partial charge in [-0.3, -0.25) is 0 Å². The number of rotatable bonds is 9. The Morgan fingerprint density at radius 1 is 0.282 bits per heavy atom. The summed E-state index contributed by atoms with van der Waals surface area (Å²) < 4.78 is 2.48. The van der Waals surface area contributed by atoms with Gasteiger partial charge in [0.25, 0.3) is 0 Å². The maximum absolute atomic E-state index is 2.48. The van der Waals surface area contributed by atoms with E-state index in [4.69, 9.17) is 0 Å². The fourth-order valence-electron chi connectivity index (χ4n) is 11.2. The Morgan fingerprint density at radius 3 is 1.38 bits per heavy atom. The van der Waals surface area contributed by atoms with Crippen molar-refractivity contribution in [2.75, 3.05) is 4.90 Å². The van der Waals surface area contributed by atoms with Gasteiger partial charge in [0.1, 0.15) is 0 Å². The lowest BCUT2D eigenvalue weighted by Crippen LogP contribution is -2.14. The molecule has 1 heterocycles. The second kappa shape index (κ2) is 17.2. The van der Waals surface area contributed by atoms with Crippen LogP contribution in [0.5, 0.6) is 0 Å². The molecule has 0 N–H and O–H groups in total. The molecule has 12 aromatic rings. The van der Waals surface area contributed by atoms with Gasteiger partial charge >= 0.3 is 0 Å². The molecule has 13 rings (SSSR count). The quantitative estimate of drug-likeness (QED) is 0.140. The van der Waals surface area contributed by atoms with E-state index in [1.54, 1.807) is 0 Å². The highest BCUT2D eigenvalue weighted by Crippen LogP contribution is 2.50. The monoisotopic (exact) mass is 906 g/mol. The highest BCUT2D eigenvalue weighted by Gasteiger charge is 2.35. The average Bonchev–Trinajstić information content (AvgIpc) is 3.88. The number of hydrogen-bond donors (Lipinski definition) is 0. The largest absolute Gasteiger partial charge is 0.310 e. The number of hydrogen-bond acceptors (Lipinski definition) is 1. The normalized spacial score (nSPS) is 12.5. The van der Waals surface area contributed by atoms with Crippen LogP contribution in [0.4, 0.5) is 17.1 Å². The Balaban J connectivity index is 0.886. The molecule has 0 atom stereocenters. The molecule has 0 spiro atoms. The highest BCUT2D eigenvalue weighted by molar-refractivity contribution is 6.11. The van der Waals surface area contributed by atoms with Crippen LogP contribution < -0.4 is 4.90 Å². The van der Waals surface area contributed by atoms with Crippen molar-refractivity contribution in [3.63, 3.8) is 0 Å². The summed E-state index contributed by atoms with van der Waals surface area (Å²) in [7, 11) is 0. The van der Waals surface area contributed by atoms with E-state index in [9.17, 15) is 0 Å². The van der Waals surface area contributed by atoms with Crippen LogP contribution in [0.3, 0.4) is 0 Å². The lowest BCUT2D eigenvalue weighted by molar-refractivity contribution is 0.660. The SMILES string of the molecule is CC1(C)c2ccccc2-c2cc(-n3c4ccc(-c5cccc(-c6ccc(N(c7cccc(-c8ccccc8)c7)c7cccc(-c8ccccc8)c7)cc6)c5)cc4c4ccc(-c5ccccc5)cc43)ccc21. The van der Waals surface area contributed by atoms with E-state index in [2.05, 4.69) is 290 Å². The maximum Gasteiger partial charge on any atom is 0.0547 e. The Hall–Kier alpha value is -8.98. The molecule has 2 nitrogen and oxygen atoms in total. The predicted octanol–water partition coefficient (Wildman–Crippen LogP) is 18.9. The molecule has 336 valence electrons. The molecule has 71 heavy (non-hydrogen) atoms. The van der Waals surface area contributed by atoms with Crippen LogP contribution in [0, 0.1) is 0 Å². The zero-order chi connectivity index (χ0) is 47.5. The van der Waals surface area contributed by atoms with Gasteiger partial charge in [-0.2, -0.15) is 0 Å². The molecule has 2 heteroatoms. The summed E-state index contributed by atoms with van der Waals surface area (Å²) in [4.78, 5) is 2.37. The van der Waals surface area contributed by atoms with E-state index < -0.39 is 0 Å². The predicted molar refractivity (Wildman–Crippen MR) is 300 cm³/mol. The van der Waals surface area contributed by atoms with Crippen LogP contribution in [0.1, 0.15) is 25.0 Å². The molecule has 1 aliphatic rings. The highest BCUT2D eigenvalue weighted by atomic mass is 15.1. The lowest BCUT2D eigenvalue weighted by atomic mass is 9.82. The van der Waals surface area contributed by atoms with E-state index in [1.807, 2.05) is 0 Å². The molecule has 0 fully saturated rings. The molecule has 1 aromatic heterocycles. The van der Waals surface area contributed by atoms with Gasteiger partial charge < -0.3 is 9.47 Å². The second-order valence-corrected chi connectivity index (χ2v) is 19.4. The fourth-order valence-corrected chi connectivity index (χ4v) is 11.2. The zero-order valence-electron chi connectivity index (χ0n) is 39.8. The molecule has 0 unspecified atom stereocenters. The number of anilines is 3. The van der Waals surface area contributed by atoms with Crippen molar-refractivity contribution in [2.24, 2.45) is 0 Å². The first-order valence-electron chi connectivity index (χ1n) is 24.7. The third kappa shape index (κ3) is 7.44. The van der Waals surface area contributed by atoms with Gasteiger partial charge in [-0.1, -0.05) is 208 Å². The summed E-state index contributed by atoms with van der Waals surface area (Å²) in [5.41, 5.74) is 24.1. The van der Waals surface area contributed by atoms with Crippen molar-refractivity contribution < 1.29 is 0 Å². The van der Waals surface area contributed by atoms with Gasteiger partial charge in [0.05, 0.1) is 11.0 Å². The first kappa shape index (κ1) is 42.1. The van der Waals surface area contributed by atoms with Gasteiger partial charge in [0.2, 0.25) is 0 Å². The first-order chi connectivity index (χ1) is 34.9. The number of aromatic nitrogens is 1. The molecule has 1 aliphatic carbocycles. The molecular formula is C69H50N2. The van der Waals surface area contributed by atoms with Gasteiger partial charge in [0.15, 0.2) is 0 Å². The Kier molecular flexibility index (Phi) is 10.2. The van der Waals surface area contributed by atoms with Crippen molar-refractivity contribution in [1.82, 2.24) is 4.57 Å². The number of benzene rings is 11. The maximum atomic E-state index is 2.48. The topological polar surface area (TPSA) is 8.17 Å². The standard InChI is InChI=1S/C69H50N2/c1-69(2)65-30-13-12-29-61(65)63-46-60(37-39-66(63)69)71-67-40-34-55(44-64(67)62-38-33-56(45-68(62)71)49-21-10-5-11-22-49)52-24-14-23-51(41-52)50-31-35-57(36-32-50)70(58-27-15-25-53(42-58)47-17-6-3-7-18-47)59-28-16-26-54(43-59)48-19-8-4-9-20-48/h3-46H,1-2H3. The Labute approximate surface area is 416 Å². The van der Waals surface area contributed by atoms with Crippen LogP contribution in [0.2, 0.25) is 0 Å². The van der Waals surface area contributed by atoms with Gasteiger partial charge in [-0.15, -0.1) is 0 Å². The van der Waals surface area contributed by atoms with Gasteiger partial charge in [0, 0.05) is 38.9 Å². The van der Waals surface area contributed by atoms with Crippen molar-refractivity contribution >= 4 is 38.9 Å². The smallest absolute Gasteiger partial charge is 0.0547 e. The molecule has 0 saturated carbocycles. The van der Waals surface area contributed by atoms with Crippen LogP contribution >= 0.6 is 0 Å². The molecule has 0 bridgehead atoms.